The van der Waals surface area contributed by atoms with Crippen molar-refractivity contribution in [2.24, 2.45) is 0 Å². The molecule has 158 valence electrons. The number of carbonyl (C=O) groups excluding carboxylic acids is 1. The molecule has 0 radical (unpaired) electrons. The molecule has 0 unspecified atom stereocenters. The molecule has 2 heterocycles. The van der Waals surface area contributed by atoms with E-state index >= 15 is 0 Å². The molecule has 1 amide bonds. The second-order valence-electron chi connectivity index (χ2n) is 7.74. The van der Waals surface area contributed by atoms with Crippen molar-refractivity contribution in [3.63, 3.8) is 0 Å². The van der Waals surface area contributed by atoms with E-state index in [1.165, 1.54) is 5.56 Å². The van der Waals surface area contributed by atoms with Crippen LogP contribution in [0, 0.1) is 6.92 Å². The van der Waals surface area contributed by atoms with Crippen molar-refractivity contribution in [2.45, 2.75) is 13.0 Å². The minimum atomic E-state index is -0.218. The number of aryl methyl sites for hydroxylation is 1. The van der Waals surface area contributed by atoms with Crippen molar-refractivity contribution in [1.29, 1.82) is 0 Å². The Labute approximate surface area is 191 Å². The molecule has 1 atom stereocenters. The monoisotopic (exact) mass is 440 g/mol. The van der Waals surface area contributed by atoms with Crippen LogP contribution in [-0.4, -0.2) is 15.7 Å². The van der Waals surface area contributed by atoms with Gasteiger partial charge in [0.1, 0.15) is 11.4 Å². The molecule has 0 aliphatic carbocycles. The lowest BCUT2D eigenvalue weighted by Crippen LogP contribution is -2.22. The first-order valence-corrected chi connectivity index (χ1v) is 10.7. The number of rotatable bonds is 4. The smallest absolute Gasteiger partial charge is 0.261 e. The van der Waals surface area contributed by atoms with Crippen LogP contribution in [0.3, 0.4) is 0 Å². The van der Waals surface area contributed by atoms with Crippen LogP contribution in [0.15, 0.2) is 91.1 Å². The van der Waals surface area contributed by atoms with E-state index in [1.807, 2.05) is 59.3 Å². The van der Waals surface area contributed by atoms with Crippen LogP contribution >= 0.6 is 11.6 Å². The third kappa shape index (κ3) is 3.90. The summed E-state index contributed by atoms with van der Waals surface area (Å²) in [7, 11) is 0. The van der Waals surface area contributed by atoms with Crippen LogP contribution in [0.2, 0.25) is 5.02 Å². The summed E-state index contributed by atoms with van der Waals surface area (Å²) in [6, 6.07) is 25.2. The van der Waals surface area contributed by atoms with Gasteiger partial charge in [-0.3, -0.25) is 4.79 Å². The van der Waals surface area contributed by atoms with E-state index < -0.39 is 0 Å². The van der Waals surface area contributed by atoms with E-state index in [9.17, 15) is 4.79 Å². The minimum absolute atomic E-state index is 0.157. The van der Waals surface area contributed by atoms with Crippen molar-refractivity contribution in [1.82, 2.24) is 9.78 Å². The molecule has 2 N–H and O–H groups in total. The maximum Gasteiger partial charge on any atom is 0.261 e. The fraction of sp³-hybridized carbons (Fsp3) is 0.0769. The van der Waals surface area contributed by atoms with Crippen LogP contribution in [0.25, 0.3) is 5.70 Å². The number of hydrogen-bond acceptors (Lipinski definition) is 3. The number of carbonyl (C=O) groups is 1. The van der Waals surface area contributed by atoms with Gasteiger partial charge in [-0.2, -0.15) is 5.10 Å². The van der Waals surface area contributed by atoms with Crippen LogP contribution in [0.5, 0.6) is 0 Å². The number of benzene rings is 3. The molecule has 0 spiro atoms. The zero-order valence-electron chi connectivity index (χ0n) is 17.4. The van der Waals surface area contributed by atoms with Gasteiger partial charge in [-0.25, -0.2) is 4.68 Å². The van der Waals surface area contributed by atoms with Gasteiger partial charge in [-0.1, -0.05) is 71.8 Å². The van der Waals surface area contributed by atoms with Gasteiger partial charge in [0.2, 0.25) is 0 Å². The Bertz CT molecular complexity index is 1290. The molecule has 3 aromatic carbocycles. The number of allylic oxidation sites excluding steroid dienone is 1. The molecule has 5 rings (SSSR count). The first-order chi connectivity index (χ1) is 15.6. The van der Waals surface area contributed by atoms with E-state index in [-0.39, 0.29) is 11.9 Å². The molecule has 0 saturated carbocycles. The van der Waals surface area contributed by atoms with Gasteiger partial charge in [0.15, 0.2) is 0 Å². The minimum Gasteiger partial charge on any atom is -0.339 e. The third-order valence-electron chi connectivity index (χ3n) is 5.49. The van der Waals surface area contributed by atoms with E-state index in [4.69, 9.17) is 11.6 Å². The molecule has 1 aromatic heterocycles. The molecule has 0 saturated heterocycles. The summed E-state index contributed by atoms with van der Waals surface area (Å²) in [6.07, 6.45) is 3.73. The quantitative estimate of drug-likeness (QED) is 0.400. The number of amides is 1. The van der Waals surface area contributed by atoms with Gasteiger partial charge < -0.3 is 10.6 Å². The van der Waals surface area contributed by atoms with Crippen molar-refractivity contribution in [3.8, 4) is 0 Å². The molecular formula is C26H21ClN4O. The Hall–Kier alpha value is -3.83. The average molecular weight is 441 g/mol. The molecule has 5 nitrogen and oxygen atoms in total. The Kier molecular flexibility index (Phi) is 5.25. The second-order valence-corrected chi connectivity index (χ2v) is 8.18. The zero-order valence-corrected chi connectivity index (χ0v) is 18.2. The molecule has 0 fully saturated rings. The predicted molar refractivity (Wildman–Crippen MR) is 129 cm³/mol. The topological polar surface area (TPSA) is 59.0 Å². The van der Waals surface area contributed by atoms with E-state index in [1.54, 1.807) is 6.20 Å². The Morgan fingerprint density at radius 2 is 1.72 bits per heavy atom. The maximum atomic E-state index is 13.1. The molecular weight excluding hydrogens is 420 g/mol. The summed E-state index contributed by atoms with van der Waals surface area (Å²) in [4.78, 5) is 13.1. The van der Waals surface area contributed by atoms with Gasteiger partial charge in [0, 0.05) is 16.4 Å². The Balaban J connectivity index is 1.56. The zero-order chi connectivity index (χ0) is 22.1. The second kappa shape index (κ2) is 8.36. The van der Waals surface area contributed by atoms with Crippen LogP contribution in [-0.2, 0) is 0 Å². The maximum absolute atomic E-state index is 13.1. The Morgan fingerprint density at radius 3 is 2.44 bits per heavy atom. The summed E-state index contributed by atoms with van der Waals surface area (Å²) < 4.78 is 1.85. The summed E-state index contributed by atoms with van der Waals surface area (Å²) in [5.41, 5.74) is 5.36. The summed E-state index contributed by atoms with van der Waals surface area (Å²) >= 11 is 6.09. The van der Waals surface area contributed by atoms with Crippen LogP contribution in [0.1, 0.15) is 33.1 Å². The van der Waals surface area contributed by atoms with E-state index in [2.05, 4.69) is 53.0 Å². The number of halogens is 1. The summed E-state index contributed by atoms with van der Waals surface area (Å²) in [6.45, 7) is 2.06. The number of para-hydroxylation sites is 1. The lowest BCUT2D eigenvalue weighted by molar-refractivity contribution is 0.102. The average Bonchev–Trinajstić information content (AvgIpc) is 3.24. The number of aromatic nitrogens is 2. The molecule has 0 bridgehead atoms. The standard InChI is InChI=1S/C26H21ClN4O/c1-17-7-9-19(10-8-17)24-15-23(18-11-13-20(27)14-12-18)30-25-22(16-28-31(24)25)26(32)29-21-5-3-2-4-6-21/h2-16,24,30H,1H3,(H,29,32)/t24-/m1/s1. The van der Waals surface area contributed by atoms with Gasteiger partial charge >= 0.3 is 0 Å². The molecule has 4 aromatic rings. The fourth-order valence-corrected chi connectivity index (χ4v) is 3.91. The van der Waals surface area contributed by atoms with Gasteiger partial charge in [-0.05, 0) is 48.4 Å². The SMILES string of the molecule is Cc1ccc([C@H]2C=C(c3ccc(Cl)cc3)Nc3c(C(=O)Nc4ccccc4)cnn32)cc1. The number of fused-ring (bicyclic) bond motifs is 1. The Morgan fingerprint density at radius 1 is 1.00 bits per heavy atom. The van der Waals surface area contributed by atoms with Gasteiger partial charge in [0.05, 0.1) is 12.2 Å². The van der Waals surface area contributed by atoms with Crippen LogP contribution in [0.4, 0.5) is 11.5 Å². The number of nitrogens with one attached hydrogen (secondary N) is 2. The van der Waals surface area contributed by atoms with Crippen LogP contribution < -0.4 is 10.6 Å². The van der Waals surface area contributed by atoms with E-state index in [0.29, 0.717) is 16.4 Å². The highest BCUT2D eigenvalue weighted by molar-refractivity contribution is 6.30. The molecule has 32 heavy (non-hydrogen) atoms. The summed E-state index contributed by atoms with van der Waals surface area (Å²) in [5.74, 6) is 0.432. The predicted octanol–water partition coefficient (Wildman–Crippen LogP) is 6.15. The highest BCUT2D eigenvalue weighted by Crippen LogP contribution is 2.35. The third-order valence-corrected chi connectivity index (χ3v) is 5.74. The lowest BCUT2D eigenvalue weighted by atomic mass is 10.00. The van der Waals surface area contributed by atoms with Gasteiger partial charge in [0.25, 0.3) is 5.91 Å². The molecule has 1 aliphatic heterocycles. The fourth-order valence-electron chi connectivity index (χ4n) is 3.78. The van der Waals surface area contributed by atoms with E-state index in [0.717, 1.165) is 22.5 Å². The highest BCUT2D eigenvalue weighted by atomic mass is 35.5. The number of nitrogens with zero attached hydrogens (tertiary/aromatic N) is 2. The van der Waals surface area contributed by atoms with Crippen molar-refractivity contribution < 1.29 is 4.79 Å². The normalized spacial score (nSPS) is 14.8. The molecule has 1 aliphatic rings. The highest BCUT2D eigenvalue weighted by Gasteiger charge is 2.27. The van der Waals surface area contributed by atoms with Crippen molar-refractivity contribution in [2.75, 3.05) is 10.6 Å². The lowest BCUT2D eigenvalue weighted by Gasteiger charge is -2.26. The van der Waals surface area contributed by atoms with Crippen molar-refractivity contribution in [3.05, 3.63) is 118 Å². The number of hydrogen-bond donors (Lipinski definition) is 2. The van der Waals surface area contributed by atoms with Crippen molar-refractivity contribution >= 4 is 34.7 Å². The first-order valence-electron chi connectivity index (χ1n) is 10.3. The van der Waals surface area contributed by atoms with Gasteiger partial charge in [-0.15, -0.1) is 0 Å². The largest absolute Gasteiger partial charge is 0.339 e. The first kappa shape index (κ1) is 20.1. The summed E-state index contributed by atoms with van der Waals surface area (Å²) in [5, 5.41) is 11.6. The molecule has 6 heteroatoms. The number of anilines is 2.